The summed E-state index contributed by atoms with van der Waals surface area (Å²) in [5.74, 6) is 0. The number of rotatable bonds is 3. The first kappa shape index (κ1) is 12.4. The van der Waals surface area contributed by atoms with E-state index in [2.05, 4.69) is 76.4 Å². The molecule has 0 amide bonds. The molecule has 0 bridgehead atoms. The summed E-state index contributed by atoms with van der Waals surface area (Å²) in [5, 5.41) is 0. The number of nitrogens with zero attached hydrogens (tertiary/aromatic N) is 1. The van der Waals surface area contributed by atoms with Crippen LogP contribution in [0.4, 0.5) is 0 Å². The van der Waals surface area contributed by atoms with E-state index in [9.17, 15) is 0 Å². The maximum Gasteiger partial charge on any atom is 0.344 e. The lowest BCUT2D eigenvalue weighted by Gasteiger charge is -1.95. The van der Waals surface area contributed by atoms with Crippen LogP contribution in [0.1, 0.15) is 10.4 Å². The zero-order valence-electron chi connectivity index (χ0n) is 11.5. The molecular weight excluding hydrogens is 276 g/mol. The predicted molar refractivity (Wildman–Crippen MR) is 86.5 cm³/mol. The Kier molecular flexibility index (Phi) is 3.05. The molecule has 0 fully saturated rings. The fraction of sp³-hybridized carbons (Fsp3) is 0.0556. The second-order valence-electron chi connectivity index (χ2n) is 5.11. The van der Waals surface area contributed by atoms with Gasteiger partial charge in [-0.25, -0.2) is 4.98 Å². The van der Waals surface area contributed by atoms with Gasteiger partial charge in [0.2, 0.25) is 0 Å². The summed E-state index contributed by atoms with van der Waals surface area (Å²) < 4.78 is 2.19. The number of hydrogen-bond donors (Lipinski definition) is 1. The van der Waals surface area contributed by atoms with Gasteiger partial charge in [0, 0.05) is 12.0 Å². The molecule has 2 aromatic heterocycles. The van der Waals surface area contributed by atoms with Gasteiger partial charge < -0.3 is 0 Å². The highest BCUT2D eigenvalue weighted by Crippen LogP contribution is 2.21. The maximum absolute atomic E-state index is 3.50. The Labute approximate surface area is 127 Å². The van der Waals surface area contributed by atoms with Gasteiger partial charge in [0.05, 0.1) is 4.88 Å². The van der Waals surface area contributed by atoms with Gasteiger partial charge in [-0.1, -0.05) is 72.0 Å². The topological polar surface area (TPSA) is 19.9 Å². The zero-order chi connectivity index (χ0) is 14.1. The summed E-state index contributed by atoms with van der Waals surface area (Å²) in [6, 6.07) is 21.0. The van der Waals surface area contributed by atoms with E-state index in [1.54, 1.807) is 0 Å². The van der Waals surface area contributed by atoms with Crippen molar-refractivity contribution in [3.8, 4) is 11.3 Å². The van der Waals surface area contributed by atoms with Crippen LogP contribution in [0.3, 0.4) is 0 Å². The van der Waals surface area contributed by atoms with Crippen LogP contribution in [0.15, 0.2) is 73.1 Å². The molecule has 1 N–H and O–H groups in total. The first-order chi connectivity index (χ1) is 10.4. The highest BCUT2D eigenvalue weighted by atomic mass is 32.1. The number of fused-ring (bicyclic) bond motifs is 1. The average Bonchev–Trinajstić information content (AvgIpc) is 3.07. The van der Waals surface area contributed by atoms with Gasteiger partial charge in [0.1, 0.15) is 12.4 Å². The molecule has 0 saturated heterocycles. The minimum absolute atomic E-state index is 0.988. The van der Waals surface area contributed by atoms with Crippen LogP contribution in [0.2, 0.25) is 0 Å². The lowest BCUT2D eigenvalue weighted by Crippen LogP contribution is -2.12. The van der Waals surface area contributed by atoms with Crippen molar-refractivity contribution >= 4 is 16.3 Å². The number of imidazole rings is 1. The van der Waals surface area contributed by atoms with Crippen molar-refractivity contribution in [2.24, 2.45) is 0 Å². The van der Waals surface area contributed by atoms with Crippen LogP contribution in [0, 0.1) is 0 Å². The molecular formula is C18H15N2S+. The SMILES string of the molecule is c1ccc(Cc2c[n+]3cc(-c4ccccc4)[nH]c3s2)cc1. The quantitative estimate of drug-likeness (QED) is 0.549. The molecule has 0 aliphatic heterocycles. The van der Waals surface area contributed by atoms with Gasteiger partial charge in [0.15, 0.2) is 5.69 Å². The number of thiazole rings is 1. The number of nitrogens with one attached hydrogen (secondary N) is 1. The summed E-state index contributed by atoms with van der Waals surface area (Å²) in [5.41, 5.74) is 3.73. The normalized spacial score (nSPS) is 11.0. The Balaban J connectivity index is 1.65. The van der Waals surface area contributed by atoms with E-state index >= 15 is 0 Å². The third kappa shape index (κ3) is 2.48. The average molecular weight is 291 g/mol. The second-order valence-corrected chi connectivity index (χ2v) is 6.22. The first-order valence-corrected chi connectivity index (χ1v) is 7.82. The number of aromatic nitrogens is 2. The van der Waals surface area contributed by atoms with E-state index in [1.165, 1.54) is 21.0 Å². The highest BCUT2D eigenvalue weighted by molar-refractivity contribution is 7.16. The van der Waals surface area contributed by atoms with E-state index in [0.717, 1.165) is 12.1 Å². The van der Waals surface area contributed by atoms with Crippen LogP contribution in [0.5, 0.6) is 0 Å². The summed E-state index contributed by atoms with van der Waals surface area (Å²) in [6.45, 7) is 0. The van der Waals surface area contributed by atoms with Crippen LogP contribution in [-0.4, -0.2) is 4.98 Å². The van der Waals surface area contributed by atoms with Gasteiger partial charge in [-0.15, -0.1) is 0 Å². The Bertz CT molecular complexity index is 829. The molecule has 21 heavy (non-hydrogen) atoms. The maximum atomic E-state index is 3.50. The second kappa shape index (κ2) is 5.19. The third-order valence-electron chi connectivity index (χ3n) is 3.56. The molecule has 0 aliphatic carbocycles. The standard InChI is InChI=1S/C18H14N2S/c1-3-7-14(8-4-1)11-16-12-20-13-17(19-18(20)21-16)15-9-5-2-6-10-15/h1-10,12-13H,11H2/p+1. The van der Waals surface area contributed by atoms with Crippen molar-refractivity contribution in [3.63, 3.8) is 0 Å². The van der Waals surface area contributed by atoms with Crippen molar-refractivity contribution in [2.45, 2.75) is 6.42 Å². The fourth-order valence-corrected chi connectivity index (χ4v) is 3.56. The Morgan fingerprint density at radius 1 is 0.857 bits per heavy atom. The molecule has 4 aromatic rings. The molecule has 2 heterocycles. The van der Waals surface area contributed by atoms with Gasteiger partial charge in [-0.3, -0.25) is 0 Å². The van der Waals surface area contributed by atoms with Crippen LogP contribution >= 0.6 is 11.3 Å². The number of benzene rings is 2. The molecule has 0 saturated carbocycles. The van der Waals surface area contributed by atoms with Crippen molar-refractivity contribution < 1.29 is 4.40 Å². The predicted octanol–water partition coefficient (Wildman–Crippen LogP) is 4.07. The Morgan fingerprint density at radius 2 is 1.57 bits per heavy atom. The van der Waals surface area contributed by atoms with Crippen molar-refractivity contribution in [1.82, 2.24) is 4.98 Å². The summed E-state index contributed by atoms with van der Waals surface area (Å²) in [6.07, 6.45) is 5.37. The van der Waals surface area contributed by atoms with E-state index in [1.807, 2.05) is 17.4 Å². The molecule has 0 unspecified atom stereocenters. The largest absolute Gasteiger partial charge is 0.344 e. The summed E-state index contributed by atoms with van der Waals surface area (Å²) >= 11 is 1.82. The molecule has 0 aliphatic rings. The fourth-order valence-electron chi connectivity index (χ4n) is 2.53. The minimum Gasteiger partial charge on any atom is -0.227 e. The van der Waals surface area contributed by atoms with E-state index < -0.39 is 0 Å². The van der Waals surface area contributed by atoms with Crippen LogP contribution < -0.4 is 4.40 Å². The lowest BCUT2D eigenvalue weighted by atomic mass is 10.1. The number of hydrogen-bond acceptors (Lipinski definition) is 1. The van der Waals surface area contributed by atoms with Gasteiger partial charge in [-0.2, -0.15) is 4.40 Å². The number of H-pyrrole nitrogens is 1. The monoisotopic (exact) mass is 291 g/mol. The minimum atomic E-state index is 0.988. The molecule has 2 nitrogen and oxygen atoms in total. The van der Waals surface area contributed by atoms with E-state index in [-0.39, 0.29) is 0 Å². The van der Waals surface area contributed by atoms with E-state index in [0.29, 0.717) is 0 Å². The molecule has 0 spiro atoms. The molecule has 3 heteroatoms. The summed E-state index contributed by atoms with van der Waals surface area (Å²) in [7, 11) is 0. The lowest BCUT2D eigenvalue weighted by molar-refractivity contribution is -0.505. The number of aromatic amines is 1. The molecule has 2 aromatic carbocycles. The zero-order valence-corrected chi connectivity index (χ0v) is 12.3. The molecule has 102 valence electrons. The smallest absolute Gasteiger partial charge is 0.227 e. The Hall–Kier alpha value is -2.39. The highest BCUT2D eigenvalue weighted by Gasteiger charge is 2.14. The van der Waals surface area contributed by atoms with Crippen molar-refractivity contribution in [1.29, 1.82) is 0 Å². The van der Waals surface area contributed by atoms with Crippen LogP contribution in [0.25, 0.3) is 16.2 Å². The van der Waals surface area contributed by atoms with E-state index in [4.69, 9.17) is 0 Å². The van der Waals surface area contributed by atoms with Gasteiger partial charge in [-0.05, 0) is 5.56 Å². The first-order valence-electron chi connectivity index (χ1n) is 7.00. The van der Waals surface area contributed by atoms with Gasteiger partial charge in [0.25, 0.3) is 0 Å². The molecule has 0 radical (unpaired) electrons. The summed E-state index contributed by atoms with van der Waals surface area (Å²) in [4.78, 5) is 6.05. The van der Waals surface area contributed by atoms with Crippen molar-refractivity contribution in [3.05, 3.63) is 83.5 Å². The van der Waals surface area contributed by atoms with Crippen molar-refractivity contribution in [2.75, 3.05) is 0 Å². The third-order valence-corrected chi connectivity index (χ3v) is 4.58. The van der Waals surface area contributed by atoms with Crippen LogP contribution in [-0.2, 0) is 6.42 Å². The Morgan fingerprint density at radius 3 is 2.29 bits per heavy atom. The molecule has 4 rings (SSSR count). The van der Waals surface area contributed by atoms with Gasteiger partial charge >= 0.3 is 4.96 Å². The molecule has 0 atom stereocenters.